The Balaban J connectivity index is 1.92. The zero-order valence-electron chi connectivity index (χ0n) is 10.4. The maximum absolute atomic E-state index is 2.35. The van der Waals surface area contributed by atoms with Crippen molar-refractivity contribution in [1.82, 2.24) is 0 Å². The van der Waals surface area contributed by atoms with Crippen molar-refractivity contribution in [3.05, 3.63) is 59.7 Å². The van der Waals surface area contributed by atoms with Crippen LogP contribution in [0.3, 0.4) is 0 Å². The average Bonchev–Trinajstić information content (AvgIpc) is 3.03. The summed E-state index contributed by atoms with van der Waals surface area (Å²) in [7, 11) is 0.575. The molecule has 0 N–H and O–H groups in total. The maximum Gasteiger partial charge on any atom is 0.169 e. The Morgan fingerprint density at radius 2 is 1.22 bits per heavy atom. The van der Waals surface area contributed by atoms with Crippen LogP contribution in [0.15, 0.2) is 48.5 Å². The molecule has 90 valence electrons. The second-order valence-corrected chi connectivity index (χ2v) is 7.57. The van der Waals surface area contributed by atoms with Gasteiger partial charge in [0.15, 0.2) is 5.25 Å². The largest absolute Gasteiger partial charge is 0.169 e. The topological polar surface area (TPSA) is 0 Å². The van der Waals surface area contributed by atoms with Crippen LogP contribution < -0.4 is 0 Å². The second kappa shape index (κ2) is 4.17. The minimum absolute atomic E-state index is 0.575. The molecular formula is C17H17S+. The molecule has 18 heavy (non-hydrogen) atoms. The molecule has 0 nitrogen and oxygen atoms in total. The summed E-state index contributed by atoms with van der Waals surface area (Å²) in [5, 5.41) is 0.694. The smallest absolute Gasteiger partial charge is 0.0617 e. The number of fused-ring (bicyclic) bond motifs is 3. The summed E-state index contributed by atoms with van der Waals surface area (Å²) in [5.74, 6) is 2.88. The van der Waals surface area contributed by atoms with Crippen molar-refractivity contribution >= 4 is 10.9 Å². The Morgan fingerprint density at radius 1 is 0.722 bits per heavy atom. The predicted octanol–water partition coefficient (Wildman–Crippen LogP) is 4.17. The molecule has 2 aromatic rings. The number of benzene rings is 2. The lowest BCUT2D eigenvalue weighted by Gasteiger charge is -2.12. The molecule has 2 aromatic carbocycles. The summed E-state index contributed by atoms with van der Waals surface area (Å²) in [6.07, 6.45) is 2.87. The first-order chi connectivity index (χ1) is 8.95. The fourth-order valence-electron chi connectivity index (χ4n) is 3.38. The van der Waals surface area contributed by atoms with Gasteiger partial charge < -0.3 is 0 Å². The van der Waals surface area contributed by atoms with E-state index in [0.29, 0.717) is 16.1 Å². The van der Waals surface area contributed by atoms with Gasteiger partial charge in [-0.25, -0.2) is 0 Å². The molecule has 0 saturated carbocycles. The Hall–Kier alpha value is -1.21. The fraction of sp³-hybridized carbons (Fsp3) is 0.294. The van der Waals surface area contributed by atoms with E-state index in [1.54, 1.807) is 11.1 Å². The van der Waals surface area contributed by atoms with Gasteiger partial charge in [0, 0.05) is 11.1 Å². The molecule has 0 atom stereocenters. The van der Waals surface area contributed by atoms with Crippen LogP contribution in [0.2, 0.25) is 0 Å². The van der Waals surface area contributed by atoms with Crippen LogP contribution in [0.5, 0.6) is 0 Å². The highest BCUT2D eigenvalue weighted by molar-refractivity contribution is 7.97. The van der Waals surface area contributed by atoms with E-state index in [-0.39, 0.29) is 0 Å². The Labute approximate surface area is 111 Å². The summed E-state index contributed by atoms with van der Waals surface area (Å²) in [4.78, 5) is 0. The molecule has 0 unspecified atom stereocenters. The molecule has 1 heterocycles. The quantitative estimate of drug-likeness (QED) is 0.669. The van der Waals surface area contributed by atoms with E-state index in [1.165, 1.54) is 35.5 Å². The molecule has 0 aromatic heterocycles. The van der Waals surface area contributed by atoms with Gasteiger partial charge in [0.1, 0.15) is 11.5 Å². The second-order valence-electron chi connectivity index (χ2n) is 5.21. The van der Waals surface area contributed by atoms with Crippen molar-refractivity contribution in [3.8, 4) is 11.1 Å². The van der Waals surface area contributed by atoms with Crippen molar-refractivity contribution < 1.29 is 0 Å². The zero-order chi connectivity index (χ0) is 11.9. The third-order valence-electron chi connectivity index (χ3n) is 4.17. The van der Waals surface area contributed by atoms with Gasteiger partial charge in [0.05, 0.1) is 0 Å². The minimum atomic E-state index is 0.575. The van der Waals surface area contributed by atoms with Gasteiger partial charge >= 0.3 is 0 Å². The van der Waals surface area contributed by atoms with E-state index in [2.05, 4.69) is 48.5 Å². The molecular weight excluding hydrogens is 236 g/mol. The zero-order valence-corrected chi connectivity index (χ0v) is 11.2. The fourth-order valence-corrected chi connectivity index (χ4v) is 6.34. The van der Waals surface area contributed by atoms with Gasteiger partial charge in [0.2, 0.25) is 0 Å². The summed E-state index contributed by atoms with van der Waals surface area (Å²) < 4.78 is 0. The lowest BCUT2D eigenvalue weighted by molar-refractivity contribution is 0.949. The molecule has 0 amide bonds. The van der Waals surface area contributed by atoms with E-state index in [0.717, 1.165) is 0 Å². The molecule has 1 fully saturated rings. The molecule has 1 saturated heterocycles. The van der Waals surface area contributed by atoms with Gasteiger partial charge in [-0.3, -0.25) is 0 Å². The maximum atomic E-state index is 2.35. The number of hydrogen-bond acceptors (Lipinski definition) is 0. The van der Waals surface area contributed by atoms with E-state index in [9.17, 15) is 0 Å². The normalized spacial score (nSPS) is 18.9. The van der Waals surface area contributed by atoms with E-state index in [4.69, 9.17) is 0 Å². The monoisotopic (exact) mass is 253 g/mol. The lowest BCUT2D eigenvalue weighted by Crippen LogP contribution is -2.14. The van der Waals surface area contributed by atoms with Crippen molar-refractivity contribution in [3.63, 3.8) is 0 Å². The SMILES string of the molecule is c1ccc2c(c1)-c1ccccc1C2[S+]1CCCC1. The highest BCUT2D eigenvalue weighted by Crippen LogP contribution is 2.49. The van der Waals surface area contributed by atoms with Gasteiger partial charge in [-0.15, -0.1) is 0 Å². The van der Waals surface area contributed by atoms with Crippen LogP contribution in [-0.4, -0.2) is 11.5 Å². The first kappa shape index (κ1) is 10.7. The summed E-state index contributed by atoms with van der Waals surface area (Å²) in [6, 6.07) is 18.1. The predicted molar refractivity (Wildman–Crippen MR) is 80.1 cm³/mol. The highest BCUT2D eigenvalue weighted by Gasteiger charge is 2.42. The Bertz CT molecular complexity index is 536. The third-order valence-corrected chi connectivity index (χ3v) is 6.97. The number of rotatable bonds is 1. The lowest BCUT2D eigenvalue weighted by atomic mass is 10.1. The third kappa shape index (κ3) is 1.47. The summed E-state index contributed by atoms with van der Waals surface area (Å²) >= 11 is 0. The van der Waals surface area contributed by atoms with Crippen molar-refractivity contribution in [2.24, 2.45) is 0 Å². The van der Waals surface area contributed by atoms with Gasteiger partial charge in [0.25, 0.3) is 0 Å². The van der Waals surface area contributed by atoms with Crippen molar-refractivity contribution in [2.75, 3.05) is 11.5 Å². The summed E-state index contributed by atoms with van der Waals surface area (Å²) in [6.45, 7) is 0. The minimum Gasteiger partial charge on any atom is -0.0617 e. The molecule has 0 radical (unpaired) electrons. The standard InChI is InChI=1S/C17H17S/c1-3-9-15-13(7-1)14-8-2-4-10-16(14)17(15)18-11-5-6-12-18/h1-4,7-10,17H,5-6,11-12H2/q+1. The molecule has 0 bridgehead atoms. The van der Waals surface area contributed by atoms with Crippen LogP contribution in [0.1, 0.15) is 29.2 Å². The first-order valence-electron chi connectivity index (χ1n) is 6.80. The van der Waals surface area contributed by atoms with Crippen LogP contribution in [0.25, 0.3) is 11.1 Å². The van der Waals surface area contributed by atoms with Crippen molar-refractivity contribution in [1.29, 1.82) is 0 Å². The van der Waals surface area contributed by atoms with Crippen LogP contribution >= 0.6 is 0 Å². The van der Waals surface area contributed by atoms with Crippen molar-refractivity contribution in [2.45, 2.75) is 18.1 Å². The molecule has 4 rings (SSSR count). The van der Waals surface area contributed by atoms with Gasteiger partial charge in [-0.2, -0.15) is 0 Å². The van der Waals surface area contributed by atoms with E-state index in [1.807, 2.05) is 0 Å². The Morgan fingerprint density at radius 3 is 1.78 bits per heavy atom. The van der Waals surface area contributed by atoms with Crippen LogP contribution in [0.4, 0.5) is 0 Å². The first-order valence-corrected chi connectivity index (χ1v) is 8.42. The average molecular weight is 253 g/mol. The Kier molecular flexibility index (Phi) is 2.47. The highest BCUT2D eigenvalue weighted by atomic mass is 32.2. The molecule has 1 aliphatic carbocycles. The molecule has 0 spiro atoms. The van der Waals surface area contributed by atoms with E-state index >= 15 is 0 Å². The number of hydrogen-bond donors (Lipinski definition) is 0. The molecule has 1 aliphatic heterocycles. The summed E-state index contributed by atoms with van der Waals surface area (Å²) in [5.41, 5.74) is 6.14. The van der Waals surface area contributed by atoms with Crippen LogP contribution in [0, 0.1) is 0 Å². The van der Waals surface area contributed by atoms with E-state index < -0.39 is 0 Å². The molecule has 1 heteroatoms. The van der Waals surface area contributed by atoms with Crippen LogP contribution in [-0.2, 0) is 10.9 Å². The molecule has 2 aliphatic rings. The van der Waals surface area contributed by atoms with Gasteiger partial charge in [-0.1, -0.05) is 48.5 Å². The van der Waals surface area contributed by atoms with Gasteiger partial charge in [-0.05, 0) is 34.9 Å².